The molecule has 2 aromatic carbocycles. The van der Waals surface area contributed by atoms with Gasteiger partial charge in [0, 0.05) is 62.8 Å². The number of ether oxygens (including phenoxy) is 2. The number of carbonyl (C=O) groups is 2. The molecule has 1 aromatic heterocycles. The van der Waals surface area contributed by atoms with E-state index < -0.39 is 6.10 Å². The summed E-state index contributed by atoms with van der Waals surface area (Å²) in [6, 6.07) is 15.9. The van der Waals surface area contributed by atoms with Gasteiger partial charge in [-0.05, 0) is 43.0 Å². The number of nitrogens with zero attached hydrogens (tertiary/aromatic N) is 4. The number of aryl methyl sites for hydroxylation is 1. The number of para-hydroxylation sites is 3. The number of fused-ring (bicyclic) bond motifs is 2. The van der Waals surface area contributed by atoms with Crippen molar-refractivity contribution < 1.29 is 19.1 Å². The number of piperazine rings is 1. The fraction of sp³-hybridized carbons (Fsp3) is 0.448. The van der Waals surface area contributed by atoms with Gasteiger partial charge in [-0.3, -0.25) is 14.5 Å². The number of likely N-dealkylation sites (tertiary alicyclic amines) is 1. The van der Waals surface area contributed by atoms with Crippen LogP contribution in [-0.4, -0.2) is 83.1 Å². The van der Waals surface area contributed by atoms with Gasteiger partial charge >= 0.3 is 0 Å². The fourth-order valence-corrected chi connectivity index (χ4v) is 5.68. The smallest absolute Gasteiger partial charge is 0.267 e. The number of aromatic nitrogens is 1. The van der Waals surface area contributed by atoms with E-state index in [1.54, 1.807) is 0 Å². The van der Waals surface area contributed by atoms with Crippen molar-refractivity contribution in [2.24, 2.45) is 0 Å². The Bertz CT molecular complexity index is 1270. The number of hydrogen-bond acceptors (Lipinski definition) is 5. The molecule has 37 heavy (non-hydrogen) atoms. The van der Waals surface area contributed by atoms with Gasteiger partial charge in [-0.2, -0.15) is 0 Å². The third kappa shape index (κ3) is 5.03. The van der Waals surface area contributed by atoms with E-state index in [1.807, 2.05) is 34.1 Å². The van der Waals surface area contributed by atoms with Crippen molar-refractivity contribution >= 4 is 22.7 Å². The van der Waals surface area contributed by atoms with Crippen molar-refractivity contribution in [3.05, 3.63) is 60.3 Å². The lowest BCUT2D eigenvalue weighted by molar-refractivity contribution is -0.143. The van der Waals surface area contributed by atoms with Crippen molar-refractivity contribution in [3.8, 4) is 11.5 Å². The monoisotopic (exact) mass is 502 g/mol. The van der Waals surface area contributed by atoms with E-state index in [-0.39, 0.29) is 18.4 Å². The summed E-state index contributed by atoms with van der Waals surface area (Å²) < 4.78 is 14.0. The minimum atomic E-state index is -0.597. The zero-order chi connectivity index (χ0) is 25.2. The van der Waals surface area contributed by atoms with Crippen molar-refractivity contribution in [2.45, 2.75) is 38.5 Å². The van der Waals surface area contributed by atoms with Gasteiger partial charge in [0.25, 0.3) is 5.91 Å². The molecule has 1 atom stereocenters. The van der Waals surface area contributed by atoms with E-state index in [0.29, 0.717) is 31.0 Å². The van der Waals surface area contributed by atoms with Crippen LogP contribution in [0, 0.1) is 0 Å². The first-order chi connectivity index (χ1) is 18.2. The van der Waals surface area contributed by atoms with E-state index in [0.717, 1.165) is 52.1 Å². The Morgan fingerprint density at radius 2 is 1.57 bits per heavy atom. The summed E-state index contributed by atoms with van der Waals surface area (Å²) >= 11 is 0. The highest BCUT2D eigenvalue weighted by atomic mass is 16.6. The van der Waals surface area contributed by atoms with Crippen LogP contribution in [0.3, 0.4) is 0 Å². The molecule has 8 nitrogen and oxygen atoms in total. The molecular weight excluding hydrogens is 468 g/mol. The maximum Gasteiger partial charge on any atom is 0.267 e. The Morgan fingerprint density at radius 3 is 2.38 bits per heavy atom. The van der Waals surface area contributed by atoms with Crippen LogP contribution in [0.4, 0.5) is 0 Å². The van der Waals surface area contributed by atoms with Gasteiger partial charge in [-0.25, -0.2) is 0 Å². The summed E-state index contributed by atoms with van der Waals surface area (Å²) in [5, 5.41) is 1.22. The van der Waals surface area contributed by atoms with Crippen LogP contribution in [-0.2, 0) is 22.7 Å². The van der Waals surface area contributed by atoms with E-state index in [9.17, 15) is 9.59 Å². The topological polar surface area (TPSA) is 67.2 Å². The van der Waals surface area contributed by atoms with Gasteiger partial charge in [0.1, 0.15) is 6.61 Å². The van der Waals surface area contributed by atoms with Crippen LogP contribution in [0.25, 0.3) is 10.9 Å². The SMILES string of the molecule is O=C(CCc1cn(CN2CCN(C(=O)C3COc4ccccc4O3)CC2)c2ccccc12)N1CCCC1. The molecule has 0 saturated carbocycles. The molecule has 2 amide bonds. The Morgan fingerprint density at radius 1 is 0.838 bits per heavy atom. The molecule has 2 saturated heterocycles. The average molecular weight is 503 g/mol. The maximum absolute atomic E-state index is 13.1. The molecular formula is C29H34N4O4. The van der Waals surface area contributed by atoms with Crippen LogP contribution in [0.1, 0.15) is 24.8 Å². The first kappa shape index (κ1) is 23.9. The molecule has 6 rings (SSSR count). The van der Waals surface area contributed by atoms with Gasteiger partial charge in [-0.15, -0.1) is 0 Å². The fourth-order valence-electron chi connectivity index (χ4n) is 5.68. The van der Waals surface area contributed by atoms with Gasteiger partial charge < -0.3 is 23.8 Å². The normalized spacial score (nSPS) is 19.9. The Hall–Kier alpha value is -3.52. The first-order valence-electron chi connectivity index (χ1n) is 13.4. The summed E-state index contributed by atoms with van der Waals surface area (Å²) in [4.78, 5) is 32.0. The van der Waals surface area contributed by atoms with Crippen LogP contribution >= 0.6 is 0 Å². The Labute approximate surface area is 217 Å². The van der Waals surface area contributed by atoms with E-state index in [2.05, 4.69) is 39.9 Å². The summed E-state index contributed by atoms with van der Waals surface area (Å²) in [5.74, 6) is 1.58. The Kier molecular flexibility index (Phi) is 6.74. The molecule has 4 heterocycles. The average Bonchev–Trinajstić information content (AvgIpc) is 3.61. The summed E-state index contributed by atoms with van der Waals surface area (Å²) in [6.07, 6.45) is 5.19. The maximum atomic E-state index is 13.1. The largest absolute Gasteiger partial charge is 0.485 e. The summed E-state index contributed by atoms with van der Waals surface area (Å²) in [5.41, 5.74) is 2.42. The van der Waals surface area contributed by atoms with Crippen molar-refractivity contribution in [2.75, 3.05) is 45.9 Å². The highest BCUT2D eigenvalue weighted by Crippen LogP contribution is 2.31. The lowest BCUT2D eigenvalue weighted by Gasteiger charge is -2.37. The van der Waals surface area contributed by atoms with E-state index >= 15 is 0 Å². The van der Waals surface area contributed by atoms with Crippen molar-refractivity contribution in [1.82, 2.24) is 19.3 Å². The minimum Gasteiger partial charge on any atom is -0.485 e. The molecule has 0 spiro atoms. The van der Waals surface area contributed by atoms with E-state index in [4.69, 9.17) is 9.47 Å². The standard InChI is InChI=1S/C29H34N4O4/c34-28(31-13-5-6-14-31)12-11-22-19-33(24-8-2-1-7-23(22)24)21-30-15-17-32(18-16-30)29(35)27-20-36-25-9-3-4-10-26(25)37-27/h1-4,7-10,19,27H,5-6,11-18,20-21H2. The lowest BCUT2D eigenvalue weighted by Crippen LogP contribution is -2.54. The first-order valence-corrected chi connectivity index (χ1v) is 13.4. The lowest BCUT2D eigenvalue weighted by atomic mass is 10.1. The number of carbonyl (C=O) groups excluding carboxylic acids is 2. The number of amides is 2. The van der Waals surface area contributed by atoms with Gasteiger partial charge in [0.2, 0.25) is 12.0 Å². The zero-order valence-electron chi connectivity index (χ0n) is 21.2. The zero-order valence-corrected chi connectivity index (χ0v) is 21.2. The van der Waals surface area contributed by atoms with E-state index in [1.165, 1.54) is 16.5 Å². The predicted octanol–water partition coefficient (Wildman–Crippen LogP) is 3.14. The Balaban J connectivity index is 1.06. The number of benzene rings is 2. The minimum absolute atomic E-state index is 0.00878. The molecule has 3 aromatic rings. The van der Waals surface area contributed by atoms with Gasteiger partial charge in [-0.1, -0.05) is 30.3 Å². The number of rotatable bonds is 6. The molecule has 194 valence electrons. The predicted molar refractivity (Wildman–Crippen MR) is 141 cm³/mol. The molecule has 3 aliphatic heterocycles. The second-order valence-electron chi connectivity index (χ2n) is 10.2. The molecule has 0 aliphatic carbocycles. The van der Waals surface area contributed by atoms with Crippen molar-refractivity contribution in [1.29, 1.82) is 0 Å². The van der Waals surface area contributed by atoms with Crippen LogP contribution < -0.4 is 9.47 Å². The molecule has 0 N–H and O–H groups in total. The molecule has 1 unspecified atom stereocenters. The summed E-state index contributed by atoms with van der Waals surface area (Å²) in [7, 11) is 0. The molecule has 3 aliphatic rings. The van der Waals surface area contributed by atoms with Gasteiger partial charge in [0.05, 0.1) is 6.67 Å². The quantitative estimate of drug-likeness (QED) is 0.518. The van der Waals surface area contributed by atoms with Crippen LogP contribution in [0.5, 0.6) is 11.5 Å². The third-order valence-electron chi connectivity index (χ3n) is 7.76. The number of hydrogen-bond donors (Lipinski definition) is 0. The highest BCUT2D eigenvalue weighted by Gasteiger charge is 2.32. The van der Waals surface area contributed by atoms with Gasteiger partial charge in [0.15, 0.2) is 11.5 Å². The van der Waals surface area contributed by atoms with Crippen LogP contribution in [0.15, 0.2) is 54.7 Å². The highest BCUT2D eigenvalue weighted by molar-refractivity contribution is 5.85. The molecule has 0 radical (unpaired) electrons. The van der Waals surface area contributed by atoms with Crippen LogP contribution in [0.2, 0.25) is 0 Å². The molecule has 0 bridgehead atoms. The molecule has 8 heteroatoms. The summed E-state index contributed by atoms with van der Waals surface area (Å²) in [6.45, 7) is 5.74. The third-order valence-corrected chi connectivity index (χ3v) is 7.76. The van der Waals surface area contributed by atoms with Crippen molar-refractivity contribution in [3.63, 3.8) is 0 Å². The second kappa shape index (κ2) is 10.5. The second-order valence-corrected chi connectivity index (χ2v) is 10.2. The molecule has 2 fully saturated rings.